The number of likely N-dealkylation sites (N-methyl/N-ethyl adjacent to an activating group) is 1. The van der Waals surface area contributed by atoms with Gasteiger partial charge < -0.3 is 4.74 Å². The van der Waals surface area contributed by atoms with Gasteiger partial charge in [-0.05, 0) is 19.4 Å². The quantitative estimate of drug-likeness (QED) is 0.648. The highest BCUT2D eigenvalue weighted by Crippen LogP contribution is 2.13. The topological polar surface area (TPSA) is 29.5 Å². The smallest absolute Gasteiger partial charge is 0.146 e. The average molecular weight is 199 g/mol. The van der Waals surface area contributed by atoms with E-state index in [1.165, 1.54) is 6.42 Å². The van der Waals surface area contributed by atoms with Crippen LogP contribution in [0.25, 0.3) is 0 Å². The molecule has 1 rings (SSSR count). The Balaban J connectivity index is 2.26. The number of hydrogen-bond acceptors (Lipinski definition) is 3. The molecule has 1 aliphatic heterocycles. The Labute approximate surface area is 86.4 Å². The van der Waals surface area contributed by atoms with Gasteiger partial charge in [-0.3, -0.25) is 9.69 Å². The van der Waals surface area contributed by atoms with Crippen molar-refractivity contribution in [3.8, 4) is 0 Å². The molecule has 0 aromatic heterocycles. The van der Waals surface area contributed by atoms with Gasteiger partial charge in [0.05, 0.1) is 12.6 Å². The number of Topliss-reactive ketones (excluding diaryl/α,β-unsaturated/α-hetero) is 1. The van der Waals surface area contributed by atoms with Gasteiger partial charge in [-0.1, -0.05) is 13.8 Å². The van der Waals surface area contributed by atoms with Gasteiger partial charge in [0.25, 0.3) is 0 Å². The molecule has 0 bridgehead atoms. The number of ether oxygens (including phenoxy) is 1. The maximum Gasteiger partial charge on any atom is 0.146 e. The van der Waals surface area contributed by atoms with Crippen molar-refractivity contribution in [2.45, 2.75) is 39.2 Å². The van der Waals surface area contributed by atoms with Crippen molar-refractivity contribution in [2.75, 3.05) is 26.2 Å². The van der Waals surface area contributed by atoms with Crippen LogP contribution < -0.4 is 0 Å². The predicted molar refractivity (Wildman–Crippen MR) is 56.4 cm³/mol. The first-order valence-electron chi connectivity index (χ1n) is 5.62. The van der Waals surface area contributed by atoms with E-state index in [4.69, 9.17) is 4.74 Å². The molecule has 0 aromatic rings. The van der Waals surface area contributed by atoms with Crippen LogP contribution in [0.15, 0.2) is 0 Å². The maximum atomic E-state index is 11.3. The SMILES string of the molecule is CCC(=O)CN(CC)CC1CCCO1. The lowest BCUT2D eigenvalue weighted by Gasteiger charge is -2.22. The van der Waals surface area contributed by atoms with Gasteiger partial charge in [0.15, 0.2) is 0 Å². The lowest BCUT2D eigenvalue weighted by Crippen LogP contribution is -2.35. The summed E-state index contributed by atoms with van der Waals surface area (Å²) in [6.07, 6.45) is 3.32. The molecule has 1 aliphatic rings. The largest absolute Gasteiger partial charge is 0.377 e. The van der Waals surface area contributed by atoms with Crippen LogP contribution in [-0.2, 0) is 9.53 Å². The Kier molecular flexibility index (Phi) is 5.12. The van der Waals surface area contributed by atoms with Crippen LogP contribution in [0.5, 0.6) is 0 Å². The number of nitrogens with zero attached hydrogens (tertiary/aromatic N) is 1. The Bertz CT molecular complexity index is 176. The van der Waals surface area contributed by atoms with Gasteiger partial charge in [0.1, 0.15) is 5.78 Å². The summed E-state index contributed by atoms with van der Waals surface area (Å²) in [4.78, 5) is 13.5. The number of carbonyl (C=O) groups is 1. The third-order valence-corrected chi connectivity index (χ3v) is 2.73. The molecule has 0 saturated carbocycles. The van der Waals surface area contributed by atoms with Gasteiger partial charge in [-0.15, -0.1) is 0 Å². The minimum absolute atomic E-state index is 0.324. The molecular weight excluding hydrogens is 178 g/mol. The fourth-order valence-electron chi connectivity index (χ4n) is 1.74. The van der Waals surface area contributed by atoms with Crippen LogP contribution in [0.4, 0.5) is 0 Å². The minimum Gasteiger partial charge on any atom is -0.377 e. The van der Waals surface area contributed by atoms with E-state index in [9.17, 15) is 4.79 Å². The van der Waals surface area contributed by atoms with Crippen LogP contribution in [0.2, 0.25) is 0 Å². The summed E-state index contributed by atoms with van der Waals surface area (Å²) in [6, 6.07) is 0. The number of rotatable bonds is 6. The van der Waals surface area contributed by atoms with Crippen molar-refractivity contribution in [3.05, 3.63) is 0 Å². The molecule has 0 radical (unpaired) electrons. The van der Waals surface area contributed by atoms with Crippen molar-refractivity contribution < 1.29 is 9.53 Å². The van der Waals surface area contributed by atoms with Crippen molar-refractivity contribution in [1.82, 2.24) is 4.90 Å². The van der Waals surface area contributed by atoms with E-state index in [2.05, 4.69) is 11.8 Å². The molecule has 3 heteroatoms. The molecule has 1 atom stereocenters. The second kappa shape index (κ2) is 6.14. The summed E-state index contributed by atoms with van der Waals surface area (Å²) in [6.45, 7) is 7.35. The third kappa shape index (κ3) is 3.76. The van der Waals surface area contributed by atoms with Crippen LogP contribution >= 0.6 is 0 Å². The van der Waals surface area contributed by atoms with Crippen LogP contribution in [0.3, 0.4) is 0 Å². The zero-order valence-electron chi connectivity index (χ0n) is 9.29. The Morgan fingerprint density at radius 3 is 2.79 bits per heavy atom. The second-order valence-electron chi connectivity index (χ2n) is 3.85. The summed E-state index contributed by atoms with van der Waals surface area (Å²) in [7, 11) is 0. The summed E-state index contributed by atoms with van der Waals surface area (Å²) in [5.74, 6) is 0.324. The van der Waals surface area contributed by atoms with E-state index in [0.717, 1.165) is 26.1 Å². The standard InChI is InChI=1S/C11H21NO2/c1-3-10(13)8-12(4-2)9-11-6-5-7-14-11/h11H,3-9H2,1-2H3. The Morgan fingerprint density at radius 1 is 1.50 bits per heavy atom. The molecule has 1 fully saturated rings. The highest BCUT2D eigenvalue weighted by atomic mass is 16.5. The molecule has 3 nitrogen and oxygen atoms in total. The number of carbonyl (C=O) groups excluding carboxylic acids is 1. The average Bonchev–Trinajstić information content (AvgIpc) is 2.69. The molecule has 0 aliphatic carbocycles. The summed E-state index contributed by atoms with van der Waals surface area (Å²) in [5.41, 5.74) is 0. The predicted octanol–water partition coefficient (Wildman–Crippen LogP) is 1.47. The van der Waals surface area contributed by atoms with Crippen molar-refractivity contribution in [3.63, 3.8) is 0 Å². The highest BCUT2D eigenvalue weighted by molar-refractivity contribution is 5.80. The molecule has 82 valence electrons. The molecule has 14 heavy (non-hydrogen) atoms. The zero-order valence-corrected chi connectivity index (χ0v) is 9.29. The summed E-state index contributed by atoms with van der Waals surface area (Å²) < 4.78 is 5.55. The number of hydrogen-bond donors (Lipinski definition) is 0. The normalized spacial score (nSPS) is 21.8. The van der Waals surface area contributed by atoms with Crippen molar-refractivity contribution in [2.24, 2.45) is 0 Å². The fraction of sp³-hybridized carbons (Fsp3) is 0.909. The van der Waals surface area contributed by atoms with Crippen LogP contribution in [0.1, 0.15) is 33.1 Å². The van der Waals surface area contributed by atoms with Gasteiger partial charge in [0, 0.05) is 19.6 Å². The van der Waals surface area contributed by atoms with Gasteiger partial charge in [-0.25, -0.2) is 0 Å². The maximum absolute atomic E-state index is 11.3. The lowest BCUT2D eigenvalue weighted by molar-refractivity contribution is -0.120. The summed E-state index contributed by atoms with van der Waals surface area (Å²) in [5, 5.41) is 0. The first-order chi connectivity index (χ1) is 6.76. The zero-order chi connectivity index (χ0) is 10.4. The first kappa shape index (κ1) is 11.7. The fourth-order valence-corrected chi connectivity index (χ4v) is 1.74. The summed E-state index contributed by atoms with van der Waals surface area (Å²) >= 11 is 0. The van der Waals surface area contributed by atoms with Crippen LogP contribution in [0, 0.1) is 0 Å². The highest BCUT2D eigenvalue weighted by Gasteiger charge is 2.19. The van der Waals surface area contributed by atoms with E-state index in [0.29, 0.717) is 24.9 Å². The molecule has 1 heterocycles. The molecule has 0 amide bonds. The van der Waals surface area contributed by atoms with Crippen molar-refractivity contribution >= 4 is 5.78 Å². The molecule has 0 aromatic carbocycles. The van der Waals surface area contributed by atoms with Crippen LogP contribution in [-0.4, -0.2) is 43.0 Å². The minimum atomic E-state index is 0.324. The first-order valence-corrected chi connectivity index (χ1v) is 5.62. The monoisotopic (exact) mass is 199 g/mol. The molecule has 0 N–H and O–H groups in total. The van der Waals surface area contributed by atoms with E-state index in [-0.39, 0.29) is 0 Å². The van der Waals surface area contributed by atoms with E-state index in [1.807, 2.05) is 6.92 Å². The third-order valence-electron chi connectivity index (χ3n) is 2.73. The van der Waals surface area contributed by atoms with E-state index < -0.39 is 0 Å². The Hall–Kier alpha value is -0.410. The van der Waals surface area contributed by atoms with E-state index in [1.54, 1.807) is 0 Å². The molecule has 1 saturated heterocycles. The molecular formula is C11H21NO2. The van der Waals surface area contributed by atoms with E-state index >= 15 is 0 Å². The number of ketones is 1. The van der Waals surface area contributed by atoms with Gasteiger partial charge in [-0.2, -0.15) is 0 Å². The van der Waals surface area contributed by atoms with Gasteiger partial charge >= 0.3 is 0 Å². The molecule has 1 unspecified atom stereocenters. The van der Waals surface area contributed by atoms with Crippen molar-refractivity contribution in [1.29, 1.82) is 0 Å². The molecule has 0 spiro atoms. The Morgan fingerprint density at radius 2 is 2.29 bits per heavy atom. The van der Waals surface area contributed by atoms with Gasteiger partial charge in [0.2, 0.25) is 0 Å². The lowest BCUT2D eigenvalue weighted by atomic mass is 10.2. The second-order valence-corrected chi connectivity index (χ2v) is 3.85.